The predicted octanol–water partition coefficient (Wildman–Crippen LogP) is 2.74. The molecular formula is C16H24N2O. The minimum atomic E-state index is 0.0646. The molecule has 0 bridgehead atoms. The van der Waals surface area contributed by atoms with E-state index in [1.807, 2.05) is 13.8 Å². The van der Waals surface area contributed by atoms with E-state index in [0.29, 0.717) is 0 Å². The number of hydrogen-bond acceptors (Lipinski definition) is 2. The van der Waals surface area contributed by atoms with Crippen LogP contribution in [0.5, 0.6) is 0 Å². The van der Waals surface area contributed by atoms with Crippen molar-refractivity contribution in [2.24, 2.45) is 5.92 Å². The number of anilines is 1. The number of amides is 1. The van der Waals surface area contributed by atoms with Crippen molar-refractivity contribution in [1.82, 2.24) is 5.32 Å². The zero-order valence-corrected chi connectivity index (χ0v) is 12.1. The molecule has 0 saturated carbocycles. The number of carbonyl (C=O) groups excluding carboxylic acids is 1. The van der Waals surface area contributed by atoms with Crippen LogP contribution in [0.15, 0.2) is 24.3 Å². The molecule has 1 saturated heterocycles. The van der Waals surface area contributed by atoms with Crippen molar-refractivity contribution in [2.45, 2.75) is 39.7 Å². The first-order valence-corrected chi connectivity index (χ1v) is 7.18. The van der Waals surface area contributed by atoms with Gasteiger partial charge in [0.25, 0.3) is 0 Å². The fraction of sp³-hybridized carbons (Fsp3) is 0.562. The zero-order valence-electron chi connectivity index (χ0n) is 12.1. The van der Waals surface area contributed by atoms with Crippen LogP contribution in [0.25, 0.3) is 0 Å². The van der Waals surface area contributed by atoms with E-state index in [9.17, 15) is 4.79 Å². The van der Waals surface area contributed by atoms with Gasteiger partial charge in [-0.3, -0.25) is 4.79 Å². The second kappa shape index (κ2) is 6.09. The van der Waals surface area contributed by atoms with E-state index in [1.165, 1.54) is 11.3 Å². The average Bonchev–Trinajstić information content (AvgIpc) is 2.39. The summed E-state index contributed by atoms with van der Waals surface area (Å²) < 4.78 is 0. The Hall–Kier alpha value is -1.51. The van der Waals surface area contributed by atoms with E-state index in [1.54, 1.807) is 0 Å². The first-order chi connectivity index (χ1) is 9.06. The van der Waals surface area contributed by atoms with Crippen LogP contribution in [0.2, 0.25) is 0 Å². The molecule has 1 atom stereocenters. The highest BCUT2D eigenvalue weighted by atomic mass is 16.1. The first kappa shape index (κ1) is 13.9. The molecule has 0 radical (unpaired) electrons. The van der Waals surface area contributed by atoms with Gasteiger partial charge in [-0.05, 0) is 31.9 Å². The molecule has 1 heterocycles. The van der Waals surface area contributed by atoms with Crippen molar-refractivity contribution in [1.29, 1.82) is 0 Å². The summed E-state index contributed by atoms with van der Waals surface area (Å²) in [6.07, 6.45) is 2.22. The predicted molar refractivity (Wildman–Crippen MR) is 79.4 cm³/mol. The van der Waals surface area contributed by atoms with Gasteiger partial charge in [0.05, 0.1) is 0 Å². The lowest BCUT2D eigenvalue weighted by Gasteiger charge is -2.35. The normalized spacial score (nSPS) is 19.6. The maximum absolute atomic E-state index is 11.8. The molecule has 0 spiro atoms. The summed E-state index contributed by atoms with van der Waals surface area (Å²) in [6, 6.07) is 8.91. The van der Waals surface area contributed by atoms with Gasteiger partial charge in [0.15, 0.2) is 0 Å². The number of hydrogen-bond donors (Lipinski definition) is 1. The molecule has 1 aromatic rings. The van der Waals surface area contributed by atoms with Crippen LogP contribution in [0, 0.1) is 12.8 Å². The molecule has 1 unspecified atom stereocenters. The Labute approximate surface area is 116 Å². The Morgan fingerprint density at radius 1 is 1.32 bits per heavy atom. The molecule has 1 aromatic carbocycles. The van der Waals surface area contributed by atoms with E-state index in [4.69, 9.17) is 0 Å². The molecule has 0 aliphatic carbocycles. The maximum Gasteiger partial charge on any atom is 0.222 e. The molecule has 1 N–H and O–H groups in total. The van der Waals surface area contributed by atoms with Gasteiger partial charge in [-0.15, -0.1) is 0 Å². The highest BCUT2D eigenvalue weighted by Gasteiger charge is 2.22. The quantitative estimate of drug-likeness (QED) is 0.906. The molecule has 0 aromatic heterocycles. The molecule has 1 aliphatic rings. The summed E-state index contributed by atoms with van der Waals surface area (Å²) in [7, 11) is 0. The Balaban J connectivity index is 1.97. The minimum Gasteiger partial charge on any atom is -0.369 e. The topological polar surface area (TPSA) is 32.3 Å². The second-order valence-corrected chi connectivity index (χ2v) is 5.78. The standard InChI is InChI=1S/C16H24N2O/c1-12(2)16(19)17-14-5-4-10-18(11-14)15-8-6-13(3)7-9-15/h6-9,12,14H,4-5,10-11H2,1-3H3,(H,17,19). The zero-order chi connectivity index (χ0) is 13.8. The number of nitrogens with zero attached hydrogens (tertiary/aromatic N) is 1. The van der Waals surface area contributed by atoms with E-state index < -0.39 is 0 Å². The van der Waals surface area contributed by atoms with Gasteiger partial charge < -0.3 is 10.2 Å². The summed E-state index contributed by atoms with van der Waals surface area (Å²) in [5, 5.41) is 3.15. The van der Waals surface area contributed by atoms with Crippen LogP contribution in [0.3, 0.4) is 0 Å². The molecule has 104 valence electrons. The second-order valence-electron chi connectivity index (χ2n) is 5.78. The molecule has 1 aliphatic heterocycles. The van der Waals surface area contributed by atoms with Gasteiger partial charge in [-0.1, -0.05) is 31.5 Å². The van der Waals surface area contributed by atoms with E-state index in [-0.39, 0.29) is 17.9 Å². The minimum absolute atomic E-state index is 0.0646. The number of aryl methyl sites for hydroxylation is 1. The average molecular weight is 260 g/mol. The fourth-order valence-corrected chi connectivity index (χ4v) is 2.45. The monoisotopic (exact) mass is 260 g/mol. The molecule has 1 fully saturated rings. The van der Waals surface area contributed by atoms with Crippen molar-refractivity contribution >= 4 is 11.6 Å². The first-order valence-electron chi connectivity index (χ1n) is 7.18. The lowest BCUT2D eigenvalue weighted by Crippen LogP contribution is -2.48. The highest BCUT2D eigenvalue weighted by molar-refractivity contribution is 5.78. The number of carbonyl (C=O) groups is 1. The Morgan fingerprint density at radius 3 is 2.63 bits per heavy atom. The summed E-state index contributed by atoms with van der Waals surface area (Å²) in [5.74, 6) is 0.227. The van der Waals surface area contributed by atoms with Gasteiger partial charge in [0, 0.05) is 30.7 Å². The van der Waals surface area contributed by atoms with Crippen molar-refractivity contribution in [3.63, 3.8) is 0 Å². The molecule has 3 nitrogen and oxygen atoms in total. The molecule has 2 rings (SSSR count). The van der Waals surface area contributed by atoms with Crippen LogP contribution in [-0.2, 0) is 4.79 Å². The van der Waals surface area contributed by atoms with Gasteiger partial charge >= 0.3 is 0 Å². The van der Waals surface area contributed by atoms with Crippen LogP contribution in [-0.4, -0.2) is 25.0 Å². The van der Waals surface area contributed by atoms with Crippen LogP contribution >= 0.6 is 0 Å². The van der Waals surface area contributed by atoms with E-state index >= 15 is 0 Å². The number of nitrogens with one attached hydrogen (secondary N) is 1. The summed E-state index contributed by atoms with van der Waals surface area (Å²) in [6.45, 7) is 7.98. The molecule has 3 heteroatoms. The van der Waals surface area contributed by atoms with Crippen LogP contribution in [0.1, 0.15) is 32.3 Å². The van der Waals surface area contributed by atoms with Gasteiger partial charge in [0.1, 0.15) is 0 Å². The Morgan fingerprint density at radius 2 is 2.00 bits per heavy atom. The lowest BCUT2D eigenvalue weighted by molar-refractivity contribution is -0.124. The Kier molecular flexibility index (Phi) is 4.46. The molecule has 19 heavy (non-hydrogen) atoms. The van der Waals surface area contributed by atoms with Gasteiger partial charge in [0.2, 0.25) is 5.91 Å². The van der Waals surface area contributed by atoms with Crippen molar-refractivity contribution in [3.05, 3.63) is 29.8 Å². The van der Waals surface area contributed by atoms with Crippen molar-refractivity contribution in [3.8, 4) is 0 Å². The van der Waals surface area contributed by atoms with Crippen molar-refractivity contribution < 1.29 is 4.79 Å². The van der Waals surface area contributed by atoms with E-state index in [2.05, 4.69) is 41.4 Å². The highest BCUT2D eigenvalue weighted by Crippen LogP contribution is 2.20. The van der Waals surface area contributed by atoms with Gasteiger partial charge in [-0.25, -0.2) is 0 Å². The lowest BCUT2D eigenvalue weighted by atomic mass is 10.0. The third-order valence-electron chi connectivity index (χ3n) is 3.69. The maximum atomic E-state index is 11.8. The number of benzene rings is 1. The number of rotatable bonds is 3. The largest absolute Gasteiger partial charge is 0.369 e. The third-order valence-corrected chi connectivity index (χ3v) is 3.69. The van der Waals surface area contributed by atoms with Crippen molar-refractivity contribution in [2.75, 3.05) is 18.0 Å². The molecular weight excluding hydrogens is 236 g/mol. The fourth-order valence-electron chi connectivity index (χ4n) is 2.45. The summed E-state index contributed by atoms with van der Waals surface area (Å²) in [4.78, 5) is 14.1. The number of piperidine rings is 1. The summed E-state index contributed by atoms with van der Waals surface area (Å²) in [5.41, 5.74) is 2.54. The Bertz CT molecular complexity index is 425. The van der Waals surface area contributed by atoms with Crippen LogP contribution in [0.4, 0.5) is 5.69 Å². The third kappa shape index (κ3) is 3.72. The van der Waals surface area contributed by atoms with Gasteiger partial charge in [-0.2, -0.15) is 0 Å². The summed E-state index contributed by atoms with van der Waals surface area (Å²) >= 11 is 0. The van der Waals surface area contributed by atoms with E-state index in [0.717, 1.165) is 25.9 Å². The molecule has 1 amide bonds. The van der Waals surface area contributed by atoms with Crippen LogP contribution < -0.4 is 10.2 Å². The smallest absolute Gasteiger partial charge is 0.222 e. The SMILES string of the molecule is Cc1ccc(N2CCCC(NC(=O)C(C)C)C2)cc1.